The number of hydrogen-bond acceptors (Lipinski definition) is 3. The molecule has 1 aromatic rings. The maximum absolute atomic E-state index is 12.3. The van der Waals surface area contributed by atoms with E-state index in [4.69, 9.17) is 0 Å². The quantitative estimate of drug-likeness (QED) is 0.385. The van der Waals surface area contributed by atoms with Gasteiger partial charge in [-0.2, -0.15) is 5.10 Å². The van der Waals surface area contributed by atoms with Gasteiger partial charge in [0.15, 0.2) is 0 Å². The van der Waals surface area contributed by atoms with Gasteiger partial charge in [-0.3, -0.25) is 9.59 Å². The summed E-state index contributed by atoms with van der Waals surface area (Å²) in [6.45, 7) is 3.71. The number of hydrazone groups is 1. The Hall–Kier alpha value is -1.21. The zero-order chi connectivity index (χ0) is 18.2. The summed E-state index contributed by atoms with van der Waals surface area (Å²) < 4.78 is -0.341. The molecule has 0 heterocycles. The molecule has 25 heavy (non-hydrogen) atoms. The third-order valence-electron chi connectivity index (χ3n) is 5.11. The van der Waals surface area contributed by atoms with E-state index >= 15 is 0 Å². The monoisotopic (exact) mass is 469 g/mol. The van der Waals surface area contributed by atoms with Crippen LogP contribution in [0.25, 0.3) is 0 Å². The van der Waals surface area contributed by atoms with Gasteiger partial charge in [0.05, 0.1) is 14.4 Å². The minimum absolute atomic E-state index is 0.0823. The fraction of sp³-hybridized carbons (Fsp3) is 0.500. The average Bonchev–Trinajstić information content (AvgIpc) is 3.02. The molecule has 0 unspecified atom stereocenters. The van der Waals surface area contributed by atoms with E-state index in [2.05, 4.69) is 47.7 Å². The first kappa shape index (κ1) is 18.6. The maximum Gasteiger partial charge on any atom is 0.248 e. The molecule has 1 aromatic carbocycles. The molecule has 0 radical (unpaired) electrons. The number of carbonyl (C=O) groups is 2. The van der Waals surface area contributed by atoms with Crippen molar-refractivity contribution in [2.24, 2.45) is 16.4 Å². The van der Waals surface area contributed by atoms with Crippen LogP contribution in [0, 0.1) is 11.3 Å². The Morgan fingerprint density at radius 1 is 1.28 bits per heavy atom. The normalized spacial score (nSPS) is 25.0. The summed E-state index contributed by atoms with van der Waals surface area (Å²) in [5.41, 5.74) is 4.43. The van der Waals surface area contributed by atoms with Gasteiger partial charge in [-0.1, -0.05) is 50.4 Å². The molecule has 0 saturated heterocycles. The van der Waals surface area contributed by atoms with Crippen molar-refractivity contribution in [1.82, 2.24) is 5.43 Å². The molecule has 1 atom stereocenters. The molecule has 2 amide bonds. The van der Waals surface area contributed by atoms with Crippen LogP contribution in [0.5, 0.6) is 0 Å². The molecule has 0 bridgehead atoms. The summed E-state index contributed by atoms with van der Waals surface area (Å²) >= 11 is 6.97. The number of halogens is 2. The van der Waals surface area contributed by atoms with Gasteiger partial charge in [0.1, 0.15) is 0 Å². The Labute approximate surface area is 164 Å². The standard InChI is InChI=1S/C18H21Br2N3O2/c1-11(22-23-16(25)17(2)10-18(17,19)20)13-7-4-8-14(9-13)21-15(24)12-5-3-6-12/h4,7-9,12H,3,5-6,10H2,1-2H3,(H,21,24)(H,23,25)/t17-/m0/s1. The number of hydrogen-bond donors (Lipinski definition) is 2. The zero-order valence-electron chi connectivity index (χ0n) is 14.2. The number of rotatable bonds is 5. The molecule has 2 aliphatic rings. The molecule has 0 spiro atoms. The lowest BCUT2D eigenvalue weighted by Crippen LogP contribution is -2.30. The van der Waals surface area contributed by atoms with Crippen molar-refractivity contribution >= 4 is 55.1 Å². The van der Waals surface area contributed by atoms with Gasteiger partial charge in [0.25, 0.3) is 0 Å². The first-order valence-corrected chi connectivity index (χ1v) is 9.95. The Balaban J connectivity index is 1.63. The highest BCUT2D eigenvalue weighted by molar-refractivity contribution is 9.25. The van der Waals surface area contributed by atoms with Crippen LogP contribution in [0.4, 0.5) is 5.69 Å². The van der Waals surface area contributed by atoms with Crippen molar-refractivity contribution in [1.29, 1.82) is 0 Å². The van der Waals surface area contributed by atoms with Crippen molar-refractivity contribution in [3.63, 3.8) is 0 Å². The second-order valence-electron chi connectivity index (χ2n) is 7.05. The van der Waals surface area contributed by atoms with Crippen LogP contribution < -0.4 is 10.7 Å². The van der Waals surface area contributed by atoms with Crippen LogP contribution in [0.15, 0.2) is 29.4 Å². The fourth-order valence-corrected chi connectivity index (χ4v) is 4.19. The predicted molar refractivity (Wildman–Crippen MR) is 106 cm³/mol. The Bertz CT molecular complexity index is 744. The van der Waals surface area contributed by atoms with E-state index in [-0.39, 0.29) is 21.0 Å². The molecule has 7 heteroatoms. The van der Waals surface area contributed by atoms with E-state index in [9.17, 15) is 9.59 Å². The number of anilines is 1. The third kappa shape index (κ3) is 3.82. The van der Waals surface area contributed by atoms with Crippen molar-refractivity contribution in [3.05, 3.63) is 29.8 Å². The molecule has 5 nitrogen and oxygen atoms in total. The highest BCUT2D eigenvalue weighted by atomic mass is 79.9. The number of nitrogens with zero attached hydrogens (tertiary/aromatic N) is 1. The first-order valence-electron chi connectivity index (χ1n) is 8.37. The third-order valence-corrected chi connectivity index (χ3v) is 7.42. The van der Waals surface area contributed by atoms with Crippen LogP contribution in [0.3, 0.4) is 0 Å². The SMILES string of the molecule is CC(=NNC(=O)[C@]1(C)CC1(Br)Br)c1cccc(NC(=O)C2CCC2)c1. The minimum atomic E-state index is -0.505. The molecule has 2 fully saturated rings. The predicted octanol–water partition coefficient (Wildman–Crippen LogP) is 4.16. The van der Waals surface area contributed by atoms with E-state index in [0.717, 1.165) is 30.5 Å². The summed E-state index contributed by atoms with van der Waals surface area (Å²) in [7, 11) is 0. The fourth-order valence-electron chi connectivity index (χ4n) is 2.71. The largest absolute Gasteiger partial charge is 0.326 e. The molecule has 0 aromatic heterocycles. The van der Waals surface area contributed by atoms with Crippen molar-refractivity contribution in [3.8, 4) is 0 Å². The molecule has 2 aliphatic carbocycles. The summed E-state index contributed by atoms with van der Waals surface area (Å²) in [5.74, 6) is 0.0970. The zero-order valence-corrected chi connectivity index (χ0v) is 17.4. The van der Waals surface area contributed by atoms with Crippen LogP contribution in [-0.4, -0.2) is 20.8 Å². The van der Waals surface area contributed by atoms with E-state index in [1.165, 1.54) is 0 Å². The molecule has 0 aliphatic heterocycles. The van der Waals surface area contributed by atoms with Crippen LogP contribution in [-0.2, 0) is 9.59 Å². The second-order valence-corrected chi connectivity index (χ2v) is 10.8. The molecular weight excluding hydrogens is 450 g/mol. The van der Waals surface area contributed by atoms with Crippen LogP contribution in [0.1, 0.15) is 45.1 Å². The Kier molecular flexibility index (Phi) is 5.08. The van der Waals surface area contributed by atoms with Gasteiger partial charge in [0.2, 0.25) is 11.8 Å². The van der Waals surface area contributed by atoms with Gasteiger partial charge in [-0.25, -0.2) is 5.43 Å². The molecular formula is C18H21Br2N3O2. The summed E-state index contributed by atoms with van der Waals surface area (Å²) in [6, 6.07) is 7.51. The minimum Gasteiger partial charge on any atom is -0.326 e. The lowest BCUT2D eigenvalue weighted by Gasteiger charge is -2.24. The first-order chi connectivity index (χ1) is 11.7. The number of alkyl halides is 2. The Morgan fingerprint density at radius 3 is 2.52 bits per heavy atom. The van der Waals surface area contributed by atoms with E-state index < -0.39 is 5.41 Å². The van der Waals surface area contributed by atoms with Gasteiger partial charge in [-0.15, -0.1) is 0 Å². The van der Waals surface area contributed by atoms with Gasteiger partial charge in [0, 0.05) is 11.6 Å². The van der Waals surface area contributed by atoms with E-state index in [1.54, 1.807) is 0 Å². The lowest BCUT2D eigenvalue weighted by molar-refractivity contribution is -0.125. The Morgan fingerprint density at radius 2 is 1.96 bits per heavy atom. The van der Waals surface area contributed by atoms with Crippen molar-refractivity contribution in [2.75, 3.05) is 5.32 Å². The smallest absolute Gasteiger partial charge is 0.248 e. The summed E-state index contributed by atoms with van der Waals surface area (Å²) in [4.78, 5) is 24.3. The number of nitrogens with one attached hydrogen (secondary N) is 2. The van der Waals surface area contributed by atoms with Crippen LogP contribution >= 0.6 is 31.9 Å². The van der Waals surface area contributed by atoms with Gasteiger partial charge in [-0.05, 0) is 50.8 Å². The van der Waals surface area contributed by atoms with Gasteiger partial charge >= 0.3 is 0 Å². The summed E-state index contributed by atoms with van der Waals surface area (Å²) in [6.07, 6.45) is 3.79. The van der Waals surface area contributed by atoms with Crippen LogP contribution in [0.2, 0.25) is 0 Å². The average molecular weight is 471 g/mol. The second kappa shape index (κ2) is 6.83. The number of benzene rings is 1. The lowest BCUT2D eigenvalue weighted by atomic mass is 9.85. The van der Waals surface area contributed by atoms with E-state index in [0.29, 0.717) is 12.1 Å². The maximum atomic E-state index is 12.3. The topological polar surface area (TPSA) is 70.6 Å². The van der Waals surface area contributed by atoms with E-state index in [1.807, 2.05) is 38.1 Å². The number of amides is 2. The highest BCUT2D eigenvalue weighted by Gasteiger charge is 2.66. The van der Waals surface area contributed by atoms with Crippen molar-refractivity contribution in [2.45, 2.75) is 42.8 Å². The van der Waals surface area contributed by atoms with Crippen molar-refractivity contribution < 1.29 is 9.59 Å². The molecule has 2 N–H and O–H groups in total. The summed E-state index contributed by atoms with van der Waals surface area (Å²) in [5, 5.41) is 7.17. The highest BCUT2D eigenvalue weighted by Crippen LogP contribution is 2.66. The molecule has 3 rings (SSSR count). The van der Waals surface area contributed by atoms with Gasteiger partial charge < -0.3 is 5.32 Å². The number of carbonyl (C=O) groups excluding carboxylic acids is 2. The molecule has 134 valence electrons. The molecule has 2 saturated carbocycles.